The van der Waals surface area contributed by atoms with Gasteiger partial charge in [0.15, 0.2) is 0 Å². The third-order valence-electron chi connectivity index (χ3n) is 1.19. The van der Waals surface area contributed by atoms with Crippen molar-refractivity contribution in [1.82, 2.24) is 0 Å². The molecule has 0 aliphatic heterocycles. The number of rotatable bonds is 4. The zero-order valence-corrected chi connectivity index (χ0v) is 8.66. The predicted octanol–water partition coefficient (Wildman–Crippen LogP) is 2.70. The van der Waals surface area contributed by atoms with Crippen molar-refractivity contribution in [2.24, 2.45) is 0 Å². The first-order valence-corrected chi connectivity index (χ1v) is 5.51. The van der Waals surface area contributed by atoms with Gasteiger partial charge in [0.25, 0.3) is 0 Å². The average Bonchev–Trinajstić information content (AvgIpc) is 2.57. The van der Waals surface area contributed by atoms with E-state index in [9.17, 15) is 9.18 Å². The number of carbonyl (C=O) groups is 1. The van der Waals surface area contributed by atoms with Crippen LogP contribution in [0.15, 0.2) is 21.7 Å². The lowest BCUT2D eigenvalue weighted by molar-refractivity contribution is -0.145. The van der Waals surface area contributed by atoms with E-state index in [1.54, 1.807) is 13.0 Å². The number of hydrogen-bond acceptors (Lipinski definition) is 4. The second kappa shape index (κ2) is 5.24. The third kappa shape index (κ3) is 3.36. The predicted molar refractivity (Wildman–Crippen MR) is 51.7 cm³/mol. The van der Waals surface area contributed by atoms with E-state index < -0.39 is 11.5 Å². The van der Waals surface area contributed by atoms with Gasteiger partial charge in [-0.05, 0) is 18.4 Å². The summed E-state index contributed by atoms with van der Waals surface area (Å²) in [7, 11) is 0. The molecule has 0 bridgehead atoms. The summed E-state index contributed by atoms with van der Waals surface area (Å²) in [6, 6.07) is 3.58. The lowest BCUT2D eigenvalue weighted by Gasteiger charge is -2.04. The fourth-order valence-corrected chi connectivity index (χ4v) is 2.30. The highest BCUT2D eigenvalue weighted by atomic mass is 32.2. The van der Waals surface area contributed by atoms with Crippen molar-refractivity contribution >= 4 is 29.1 Å². The van der Waals surface area contributed by atoms with Gasteiger partial charge in [0.2, 0.25) is 5.50 Å². The lowest BCUT2D eigenvalue weighted by Crippen LogP contribution is -2.14. The molecule has 1 heterocycles. The van der Waals surface area contributed by atoms with E-state index in [2.05, 4.69) is 4.74 Å². The van der Waals surface area contributed by atoms with Gasteiger partial charge in [-0.3, -0.25) is 0 Å². The zero-order chi connectivity index (χ0) is 9.68. The Morgan fingerprint density at radius 1 is 1.85 bits per heavy atom. The van der Waals surface area contributed by atoms with E-state index in [-0.39, 0.29) is 6.61 Å². The molecule has 1 aromatic heterocycles. The largest absolute Gasteiger partial charge is 0.463 e. The third-order valence-corrected chi connectivity index (χ3v) is 3.19. The summed E-state index contributed by atoms with van der Waals surface area (Å²) >= 11 is 2.28. The summed E-state index contributed by atoms with van der Waals surface area (Å²) in [5.74, 6) is -0.805. The lowest BCUT2D eigenvalue weighted by atomic mass is 10.7. The summed E-state index contributed by atoms with van der Waals surface area (Å²) < 4.78 is 18.3. The quantitative estimate of drug-likeness (QED) is 0.576. The summed E-state index contributed by atoms with van der Waals surface area (Å²) in [5, 5.41) is 1.83. The fraction of sp³-hybridized carbons (Fsp3) is 0.375. The van der Waals surface area contributed by atoms with Crippen LogP contribution >= 0.6 is 23.1 Å². The van der Waals surface area contributed by atoms with E-state index in [1.165, 1.54) is 11.3 Å². The molecule has 0 aliphatic carbocycles. The van der Waals surface area contributed by atoms with Crippen LogP contribution in [0, 0.1) is 0 Å². The van der Waals surface area contributed by atoms with Crippen molar-refractivity contribution < 1.29 is 13.9 Å². The number of thiophene rings is 1. The van der Waals surface area contributed by atoms with Crippen molar-refractivity contribution in [2.75, 3.05) is 6.61 Å². The molecule has 0 amide bonds. The van der Waals surface area contributed by atoms with Crippen LogP contribution in [0.1, 0.15) is 6.92 Å². The van der Waals surface area contributed by atoms with Crippen molar-refractivity contribution in [2.45, 2.75) is 16.6 Å². The highest BCUT2D eigenvalue weighted by molar-refractivity contribution is 8.02. The van der Waals surface area contributed by atoms with Crippen LogP contribution in [-0.2, 0) is 9.53 Å². The molecule has 0 N–H and O–H groups in total. The molecule has 1 unspecified atom stereocenters. The molecule has 0 aliphatic rings. The van der Waals surface area contributed by atoms with Gasteiger partial charge in [-0.15, -0.1) is 11.3 Å². The Kier molecular flexibility index (Phi) is 4.24. The van der Waals surface area contributed by atoms with E-state index in [4.69, 9.17) is 0 Å². The van der Waals surface area contributed by atoms with Gasteiger partial charge in [0.05, 0.1) is 10.8 Å². The van der Waals surface area contributed by atoms with Gasteiger partial charge in [0, 0.05) is 0 Å². The van der Waals surface area contributed by atoms with Crippen molar-refractivity contribution in [1.29, 1.82) is 0 Å². The van der Waals surface area contributed by atoms with Gasteiger partial charge >= 0.3 is 5.97 Å². The molecule has 13 heavy (non-hydrogen) atoms. The van der Waals surface area contributed by atoms with E-state index in [1.807, 2.05) is 11.4 Å². The van der Waals surface area contributed by atoms with Crippen molar-refractivity contribution in [3.05, 3.63) is 17.5 Å². The molecule has 2 nitrogen and oxygen atoms in total. The molecular weight excluding hydrogens is 211 g/mol. The maximum absolute atomic E-state index is 13.0. The maximum Gasteiger partial charge on any atom is 0.351 e. The minimum Gasteiger partial charge on any atom is -0.463 e. The first kappa shape index (κ1) is 10.5. The Morgan fingerprint density at radius 2 is 2.62 bits per heavy atom. The number of ether oxygens (including phenoxy) is 1. The van der Waals surface area contributed by atoms with Crippen LogP contribution in [0.3, 0.4) is 0 Å². The number of esters is 1. The van der Waals surface area contributed by atoms with Crippen LogP contribution in [0.5, 0.6) is 0 Å². The molecule has 72 valence electrons. The number of halogens is 1. The van der Waals surface area contributed by atoms with Crippen LogP contribution in [-0.4, -0.2) is 18.1 Å². The highest BCUT2D eigenvalue weighted by Gasteiger charge is 2.19. The smallest absolute Gasteiger partial charge is 0.351 e. The van der Waals surface area contributed by atoms with Crippen molar-refractivity contribution in [3.63, 3.8) is 0 Å². The first-order chi connectivity index (χ1) is 6.24. The van der Waals surface area contributed by atoms with Crippen LogP contribution < -0.4 is 0 Å². The Hall–Kier alpha value is -0.550. The van der Waals surface area contributed by atoms with Crippen molar-refractivity contribution in [3.8, 4) is 0 Å². The second-order valence-electron chi connectivity index (χ2n) is 2.12. The minimum atomic E-state index is -1.61. The molecule has 0 aromatic carbocycles. The number of hydrogen-bond donors (Lipinski definition) is 0. The molecule has 0 radical (unpaired) electrons. The van der Waals surface area contributed by atoms with E-state index in [0.717, 1.165) is 16.0 Å². The van der Waals surface area contributed by atoms with Gasteiger partial charge in [0.1, 0.15) is 0 Å². The normalized spacial score (nSPS) is 12.5. The molecule has 0 spiro atoms. The van der Waals surface area contributed by atoms with E-state index >= 15 is 0 Å². The molecule has 5 heteroatoms. The fourth-order valence-electron chi connectivity index (χ4n) is 0.688. The number of alkyl halides is 1. The van der Waals surface area contributed by atoms with Gasteiger partial charge in [-0.25, -0.2) is 9.18 Å². The first-order valence-electron chi connectivity index (χ1n) is 3.75. The molecule has 0 fully saturated rings. The Morgan fingerprint density at radius 3 is 3.15 bits per heavy atom. The second-order valence-corrected chi connectivity index (χ2v) is 4.41. The molecule has 1 atom stereocenters. The molecule has 1 rings (SSSR count). The molecular formula is C8H9FO2S2. The van der Waals surface area contributed by atoms with Gasteiger partial charge < -0.3 is 4.74 Å². The monoisotopic (exact) mass is 220 g/mol. The Labute approximate surface area is 84.1 Å². The molecule has 0 saturated carbocycles. The van der Waals surface area contributed by atoms with Gasteiger partial charge in [-0.1, -0.05) is 17.8 Å². The van der Waals surface area contributed by atoms with Gasteiger partial charge in [-0.2, -0.15) is 0 Å². The van der Waals surface area contributed by atoms with E-state index in [0.29, 0.717) is 0 Å². The van der Waals surface area contributed by atoms with Crippen LogP contribution in [0.25, 0.3) is 0 Å². The summed E-state index contributed by atoms with van der Waals surface area (Å²) in [4.78, 5) is 10.9. The topological polar surface area (TPSA) is 26.3 Å². The average molecular weight is 220 g/mol. The maximum atomic E-state index is 13.0. The highest BCUT2D eigenvalue weighted by Crippen LogP contribution is 2.28. The molecule has 1 aromatic rings. The zero-order valence-electron chi connectivity index (χ0n) is 7.03. The standard InChI is InChI=1S/C8H9FO2S2/c1-2-11-8(10)7(9)13-6-4-3-5-12-6/h3-5,7H,2H2,1H3. The summed E-state index contributed by atoms with van der Waals surface area (Å²) in [6.45, 7) is 1.87. The SMILES string of the molecule is CCOC(=O)C(F)Sc1cccs1. The summed E-state index contributed by atoms with van der Waals surface area (Å²) in [5.41, 5.74) is -1.61. The number of carbonyl (C=O) groups excluding carboxylic acids is 1. The Balaban J connectivity index is 2.41. The van der Waals surface area contributed by atoms with Crippen LogP contribution in [0.2, 0.25) is 0 Å². The Bertz CT molecular complexity index is 261. The van der Waals surface area contributed by atoms with Crippen LogP contribution in [0.4, 0.5) is 4.39 Å². The number of thioether (sulfide) groups is 1. The summed E-state index contributed by atoms with van der Waals surface area (Å²) in [6.07, 6.45) is 0. The minimum absolute atomic E-state index is 0.213. The molecule has 0 saturated heterocycles.